The van der Waals surface area contributed by atoms with Gasteiger partial charge in [-0.3, -0.25) is 0 Å². The molecule has 0 aliphatic carbocycles. The Hall–Kier alpha value is -1.33. The van der Waals surface area contributed by atoms with Crippen molar-refractivity contribution in [2.24, 2.45) is 0 Å². The molecule has 0 aliphatic rings. The number of H-pyrrole nitrogens is 1. The number of aromatic amines is 1. The van der Waals surface area contributed by atoms with Crippen molar-refractivity contribution in [1.29, 1.82) is 0 Å². The second kappa shape index (κ2) is 3.61. The number of sulfonamides is 1. The van der Waals surface area contributed by atoms with E-state index in [0.717, 1.165) is 16.5 Å². The van der Waals surface area contributed by atoms with Crippen molar-refractivity contribution in [3.8, 4) is 0 Å². The third-order valence-corrected chi connectivity index (χ3v) is 4.56. The fourth-order valence-electron chi connectivity index (χ4n) is 1.66. The smallest absolute Gasteiger partial charge is 0.242 e. The van der Waals surface area contributed by atoms with Crippen molar-refractivity contribution in [3.05, 3.63) is 30.0 Å². The topological polar surface area (TPSA) is 53.2 Å². The zero-order valence-electron chi connectivity index (χ0n) is 9.48. The number of fused-ring (bicyclic) bond motifs is 1. The standard InChI is InChI=1S/C11H14N2O2S/c1-8-6-10-9(4-5-12-10)7-11(8)16(14,15)13(2)3/h4-7,12H,1-3H3. The number of hydrogen-bond donors (Lipinski definition) is 1. The number of nitrogens with one attached hydrogen (secondary N) is 1. The van der Waals surface area contributed by atoms with E-state index in [4.69, 9.17) is 0 Å². The molecule has 1 N–H and O–H groups in total. The van der Waals surface area contributed by atoms with Gasteiger partial charge in [0.05, 0.1) is 4.90 Å². The summed E-state index contributed by atoms with van der Waals surface area (Å²) in [6, 6.07) is 5.42. The van der Waals surface area contributed by atoms with E-state index in [1.54, 1.807) is 19.2 Å². The molecule has 86 valence electrons. The number of aromatic nitrogens is 1. The molecule has 0 atom stereocenters. The van der Waals surface area contributed by atoms with Gasteiger partial charge < -0.3 is 4.98 Å². The zero-order valence-corrected chi connectivity index (χ0v) is 10.3. The first-order valence-electron chi connectivity index (χ1n) is 4.93. The molecule has 0 unspecified atom stereocenters. The molecule has 4 nitrogen and oxygen atoms in total. The van der Waals surface area contributed by atoms with E-state index in [1.807, 2.05) is 12.1 Å². The van der Waals surface area contributed by atoms with Gasteiger partial charge in [0.2, 0.25) is 10.0 Å². The van der Waals surface area contributed by atoms with Crippen LogP contribution >= 0.6 is 0 Å². The van der Waals surface area contributed by atoms with E-state index in [2.05, 4.69) is 4.98 Å². The molecule has 0 amide bonds. The molecule has 0 aliphatic heterocycles. The van der Waals surface area contributed by atoms with Crippen molar-refractivity contribution < 1.29 is 8.42 Å². The van der Waals surface area contributed by atoms with Crippen LogP contribution in [0.5, 0.6) is 0 Å². The lowest BCUT2D eigenvalue weighted by Crippen LogP contribution is -2.22. The number of nitrogens with zero attached hydrogens (tertiary/aromatic N) is 1. The Morgan fingerprint density at radius 1 is 1.25 bits per heavy atom. The van der Waals surface area contributed by atoms with E-state index in [0.29, 0.717) is 4.90 Å². The minimum Gasteiger partial charge on any atom is -0.361 e. The molecule has 0 saturated heterocycles. The van der Waals surface area contributed by atoms with Crippen LogP contribution in [0.15, 0.2) is 29.3 Å². The summed E-state index contributed by atoms with van der Waals surface area (Å²) in [4.78, 5) is 3.43. The molecule has 0 saturated carbocycles. The highest BCUT2D eigenvalue weighted by Gasteiger charge is 2.20. The molecular weight excluding hydrogens is 224 g/mol. The van der Waals surface area contributed by atoms with Gasteiger partial charge in [0.15, 0.2) is 0 Å². The molecule has 0 bridgehead atoms. The maximum Gasteiger partial charge on any atom is 0.242 e. The van der Waals surface area contributed by atoms with Crippen LogP contribution in [0.25, 0.3) is 10.9 Å². The molecule has 0 fully saturated rings. The van der Waals surface area contributed by atoms with Gasteiger partial charge in [-0.25, -0.2) is 12.7 Å². The Kier molecular flexibility index (Phi) is 2.52. The molecule has 2 aromatic rings. The predicted octanol–water partition coefficient (Wildman–Crippen LogP) is 1.73. The molecule has 1 aromatic carbocycles. The average Bonchev–Trinajstić information content (AvgIpc) is 2.62. The van der Waals surface area contributed by atoms with Crippen LogP contribution in [0.1, 0.15) is 5.56 Å². The summed E-state index contributed by atoms with van der Waals surface area (Å²) in [6.07, 6.45) is 1.80. The first-order valence-corrected chi connectivity index (χ1v) is 6.37. The summed E-state index contributed by atoms with van der Waals surface area (Å²) in [5.41, 5.74) is 1.71. The van der Waals surface area contributed by atoms with Gasteiger partial charge in [0.1, 0.15) is 0 Å². The van der Waals surface area contributed by atoms with Crippen molar-refractivity contribution in [2.75, 3.05) is 14.1 Å². The molecule has 1 aromatic heterocycles. The lowest BCUT2D eigenvalue weighted by Gasteiger charge is -2.13. The van der Waals surface area contributed by atoms with Gasteiger partial charge in [-0.05, 0) is 30.7 Å². The van der Waals surface area contributed by atoms with Crippen molar-refractivity contribution in [2.45, 2.75) is 11.8 Å². The van der Waals surface area contributed by atoms with Crippen molar-refractivity contribution in [1.82, 2.24) is 9.29 Å². The van der Waals surface area contributed by atoms with Crippen LogP contribution in [-0.4, -0.2) is 31.8 Å². The van der Waals surface area contributed by atoms with Crippen molar-refractivity contribution in [3.63, 3.8) is 0 Å². The average molecular weight is 238 g/mol. The highest BCUT2D eigenvalue weighted by molar-refractivity contribution is 7.89. The third kappa shape index (κ3) is 1.62. The van der Waals surface area contributed by atoms with E-state index in [9.17, 15) is 8.42 Å². The number of hydrogen-bond acceptors (Lipinski definition) is 2. The Bertz CT molecular complexity index is 626. The van der Waals surface area contributed by atoms with Gasteiger partial charge in [-0.1, -0.05) is 0 Å². The van der Waals surface area contributed by atoms with Crippen LogP contribution in [0.2, 0.25) is 0 Å². The van der Waals surface area contributed by atoms with Crippen LogP contribution in [0, 0.1) is 6.92 Å². The van der Waals surface area contributed by atoms with Gasteiger partial charge >= 0.3 is 0 Å². The Labute approximate surface area is 94.9 Å². The second-order valence-corrected chi connectivity index (χ2v) is 6.09. The van der Waals surface area contributed by atoms with Crippen molar-refractivity contribution >= 4 is 20.9 Å². The molecular formula is C11H14N2O2S. The minimum atomic E-state index is -3.36. The predicted molar refractivity (Wildman–Crippen MR) is 63.9 cm³/mol. The summed E-state index contributed by atoms with van der Waals surface area (Å²) >= 11 is 0. The Balaban J connectivity index is 2.74. The number of rotatable bonds is 2. The fraction of sp³-hybridized carbons (Fsp3) is 0.273. The summed E-state index contributed by atoms with van der Waals surface area (Å²) in [5.74, 6) is 0. The van der Waals surface area contributed by atoms with Crippen LogP contribution in [-0.2, 0) is 10.0 Å². The minimum absolute atomic E-state index is 0.365. The van der Waals surface area contributed by atoms with E-state index in [-0.39, 0.29) is 0 Å². The quantitative estimate of drug-likeness (QED) is 0.866. The maximum atomic E-state index is 12.0. The molecule has 0 radical (unpaired) electrons. The largest absolute Gasteiger partial charge is 0.361 e. The summed E-state index contributed by atoms with van der Waals surface area (Å²) < 4.78 is 25.3. The van der Waals surface area contributed by atoms with E-state index < -0.39 is 10.0 Å². The lowest BCUT2D eigenvalue weighted by atomic mass is 10.2. The Morgan fingerprint density at radius 3 is 2.56 bits per heavy atom. The maximum absolute atomic E-state index is 12.0. The second-order valence-electron chi connectivity index (χ2n) is 3.97. The molecule has 0 spiro atoms. The van der Waals surface area contributed by atoms with Gasteiger partial charge in [0, 0.05) is 31.2 Å². The monoisotopic (exact) mass is 238 g/mol. The first-order chi connectivity index (χ1) is 7.43. The summed E-state index contributed by atoms with van der Waals surface area (Å²) in [5, 5.41) is 0.908. The highest BCUT2D eigenvalue weighted by atomic mass is 32.2. The summed E-state index contributed by atoms with van der Waals surface area (Å²) in [7, 11) is -0.282. The van der Waals surface area contributed by atoms with E-state index >= 15 is 0 Å². The normalized spacial score (nSPS) is 12.5. The Morgan fingerprint density at radius 2 is 1.94 bits per heavy atom. The molecule has 5 heteroatoms. The van der Waals surface area contributed by atoms with Gasteiger partial charge in [-0.15, -0.1) is 0 Å². The van der Waals surface area contributed by atoms with Crippen LogP contribution in [0.4, 0.5) is 0 Å². The third-order valence-electron chi connectivity index (χ3n) is 2.61. The zero-order chi connectivity index (χ0) is 11.9. The van der Waals surface area contributed by atoms with Crippen LogP contribution in [0.3, 0.4) is 0 Å². The number of benzene rings is 1. The van der Waals surface area contributed by atoms with Gasteiger partial charge in [-0.2, -0.15) is 0 Å². The molecule has 16 heavy (non-hydrogen) atoms. The van der Waals surface area contributed by atoms with Crippen LogP contribution < -0.4 is 0 Å². The number of aryl methyl sites for hydroxylation is 1. The SMILES string of the molecule is Cc1cc2[nH]ccc2cc1S(=O)(=O)N(C)C. The highest BCUT2D eigenvalue weighted by Crippen LogP contribution is 2.23. The van der Waals surface area contributed by atoms with E-state index in [1.165, 1.54) is 18.4 Å². The van der Waals surface area contributed by atoms with Gasteiger partial charge in [0.25, 0.3) is 0 Å². The first kappa shape index (κ1) is 11.2. The lowest BCUT2D eigenvalue weighted by molar-refractivity contribution is 0.520. The molecule has 1 heterocycles. The summed E-state index contributed by atoms with van der Waals surface area (Å²) in [6.45, 7) is 1.80. The molecule has 2 rings (SSSR count). The fourth-order valence-corrected chi connectivity index (χ4v) is 2.80.